The summed E-state index contributed by atoms with van der Waals surface area (Å²) >= 11 is 0. The summed E-state index contributed by atoms with van der Waals surface area (Å²) in [5.41, 5.74) is 8.78. The third-order valence-corrected chi connectivity index (χ3v) is 11.1. The first-order chi connectivity index (χ1) is 25.3. The SMILES string of the molecule is c1ccc2c(c1)c1ccccc1c1cc(-n3c4ccccc4c4c5oc6ccc(-n7c8ccccc8c8ccccc87)cc6c5ccc43)ccc21. The molecular weight excluding hydrogens is 621 g/mol. The predicted molar refractivity (Wildman–Crippen MR) is 215 cm³/mol. The molecule has 0 bridgehead atoms. The molecule has 3 aromatic heterocycles. The summed E-state index contributed by atoms with van der Waals surface area (Å²) in [6.45, 7) is 0. The smallest absolute Gasteiger partial charge is 0.145 e. The Morgan fingerprint density at radius 1 is 0.294 bits per heavy atom. The Balaban J connectivity index is 1.13. The molecule has 0 aliphatic rings. The molecule has 236 valence electrons. The lowest BCUT2D eigenvalue weighted by molar-refractivity contribution is 0.673. The van der Waals surface area contributed by atoms with Gasteiger partial charge in [-0.05, 0) is 93.0 Å². The van der Waals surface area contributed by atoms with Crippen LogP contribution in [-0.4, -0.2) is 9.13 Å². The third kappa shape index (κ3) is 3.57. The molecule has 3 nitrogen and oxygen atoms in total. The molecule has 0 N–H and O–H groups in total. The van der Waals surface area contributed by atoms with Gasteiger partial charge in [0.25, 0.3) is 0 Å². The van der Waals surface area contributed by atoms with E-state index in [0.29, 0.717) is 0 Å². The minimum Gasteiger partial charge on any atom is -0.455 e. The standard InChI is InChI=1S/C48H28N2O/c1-2-13-33-31(11-1)32-12-3-4-14-34(32)40-27-29(21-23-35(33)40)50-44-20-10-7-17-39(44)47-45(50)25-24-38-41-28-30(22-26-46(41)51-48(38)47)49-42-18-8-5-15-36(42)37-16-6-9-19-43(37)49/h1-28H. The number of benzene rings is 9. The van der Waals surface area contributed by atoms with Gasteiger partial charge in [-0.15, -0.1) is 0 Å². The molecule has 0 atom stereocenters. The van der Waals surface area contributed by atoms with Crippen LogP contribution in [0.2, 0.25) is 0 Å². The monoisotopic (exact) mass is 648 g/mol. The number of rotatable bonds is 2. The van der Waals surface area contributed by atoms with Crippen LogP contribution in [0.3, 0.4) is 0 Å². The summed E-state index contributed by atoms with van der Waals surface area (Å²) in [4.78, 5) is 0. The summed E-state index contributed by atoms with van der Waals surface area (Å²) in [5, 5.41) is 14.7. The molecule has 3 heteroatoms. The largest absolute Gasteiger partial charge is 0.455 e. The van der Waals surface area contributed by atoms with Crippen LogP contribution < -0.4 is 0 Å². The normalized spacial score (nSPS) is 12.3. The van der Waals surface area contributed by atoms with E-state index in [1.54, 1.807) is 0 Å². The van der Waals surface area contributed by atoms with Crippen LogP contribution in [0.15, 0.2) is 174 Å². The fourth-order valence-electron chi connectivity index (χ4n) is 8.93. The van der Waals surface area contributed by atoms with Gasteiger partial charge in [-0.25, -0.2) is 0 Å². The Morgan fingerprint density at radius 3 is 1.35 bits per heavy atom. The highest BCUT2D eigenvalue weighted by Gasteiger charge is 2.20. The molecule has 12 aromatic rings. The van der Waals surface area contributed by atoms with Gasteiger partial charge in [-0.3, -0.25) is 0 Å². The average Bonchev–Trinajstić information content (AvgIpc) is 3.85. The highest BCUT2D eigenvalue weighted by atomic mass is 16.3. The summed E-state index contributed by atoms with van der Waals surface area (Å²) in [6, 6.07) is 61.7. The van der Waals surface area contributed by atoms with E-state index in [1.807, 2.05) is 0 Å². The van der Waals surface area contributed by atoms with Crippen molar-refractivity contribution in [3.63, 3.8) is 0 Å². The minimum absolute atomic E-state index is 0.892. The quantitative estimate of drug-likeness (QED) is 0.171. The van der Waals surface area contributed by atoms with E-state index in [2.05, 4.69) is 179 Å². The van der Waals surface area contributed by atoms with Crippen molar-refractivity contribution in [2.45, 2.75) is 0 Å². The zero-order valence-corrected chi connectivity index (χ0v) is 27.5. The fraction of sp³-hybridized carbons (Fsp3) is 0. The van der Waals surface area contributed by atoms with Crippen molar-refractivity contribution in [2.75, 3.05) is 0 Å². The lowest BCUT2D eigenvalue weighted by Gasteiger charge is -2.13. The van der Waals surface area contributed by atoms with E-state index in [4.69, 9.17) is 4.42 Å². The number of hydrogen-bond donors (Lipinski definition) is 0. The predicted octanol–water partition coefficient (Wildman–Crippen LogP) is 13.2. The van der Waals surface area contributed by atoms with Gasteiger partial charge >= 0.3 is 0 Å². The van der Waals surface area contributed by atoms with Crippen LogP contribution in [0.5, 0.6) is 0 Å². The summed E-state index contributed by atoms with van der Waals surface area (Å²) in [7, 11) is 0. The Morgan fingerprint density at radius 2 is 0.725 bits per heavy atom. The van der Waals surface area contributed by atoms with Crippen LogP contribution >= 0.6 is 0 Å². The van der Waals surface area contributed by atoms with Crippen molar-refractivity contribution in [2.24, 2.45) is 0 Å². The minimum atomic E-state index is 0.892. The number of furan rings is 1. The zero-order valence-electron chi connectivity index (χ0n) is 27.5. The van der Waals surface area contributed by atoms with E-state index in [1.165, 1.54) is 59.5 Å². The fourth-order valence-corrected chi connectivity index (χ4v) is 8.93. The maximum absolute atomic E-state index is 6.82. The van der Waals surface area contributed by atoms with Crippen LogP contribution in [-0.2, 0) is 0 Å². The first kappa shape index (κ1) is 27.0. The molecule has 0 aliphatic carbocycles. The lowest BCUT2D eigenvalue weighted by atomic mass is 9.94. The van der Waals surface area contributed by atoms with Crippen molar-refractivity contribution in [1.82, 2.24) is 9.13 Å². The van der Waals surface area contributed by atoms with Crippen molar-refractivity contribution in [3.05, 3.63) is 170 Å². The van der Waals surface area contributed by atoms with Crippen LogP contribution in [0.4, 0.5) is 0 Å². The summed E-state index contributed by atoms with van der Waals surface area (Å²) in [6.07, 6.45) is 0. The number of para-hydroxylation sites is 3. The zero-order chi connectivity index (χ0) is 33.2. The molecule has 0 spiro atoms. The number of fused-ring (bicyclic) bond motifs is 16. The van der Waals surface area contributed by atoms with Gasteiger partial charge in [-0.1, -0.05) is 109 Å². The second-order valence-corrected chi connectivity index (χ2v) is 13.7. The van der Waals surface area contributed by atoms with Crippen LogP contribution in [0.1, 0.15) is 0 Å². The van der Waals surface area contributed by atoms with Gasteiger partial charge in [0.15, 0.2) is 0 Å². The molecule has 0 saturated carbocycles. The van der Waals surface area contributed by atoms with Gasteiger partial charge in [0.05, 0.1) is 27.5 Å². The second-order valence-electron chi connectivity index (χ2n) is 13.7. The first-order valence-electron chi connectivity index (χ1n) is 17.5. The third-order valence-electron chi connectivity index (χ3n) is 11.1. The van der Waals surface area contributed by atoms with E-state index in [9.17, 15) is 0 Å². The second kappa shape index (κ2) is 9.87. The van der Waals surface area contributed by atoms with Gasteiger partial charge in [0.2, 0.25) is 0 Å². The topological polar surface area (TPSA) is 23.0 Å². The number of hydrogen-bond acceptors (Lipinski definition) is 1. The van der Waals surface area contributed by atoms with Crippen molar-refractivity contribution < 1.29 is 4.42 Å². The summed E-state index contributed by atoms with van der Waals surface area (Å²) in [5.74, 6) is 0. The average molecular weight is 649 g/mol. The van der Waals surface area contributed by atoms with E-state index in [-0.39, 0.29) is 0 Å². The van der Waals surface area contributed by atoms with Gasteiger partial charge in [0.1, 0.15) is 11.2 Å². The molecule has 0 aliphatic heterocycles. The Bertz CT molecular complexity index is 3340. The highest BCUT2D eigenvalue weighted by molar-refractivity contribution is 6.27. The Labute approximate surface area is 291 Å². The molecule has 0 unspecified atom stereocenters. The Hall–Kier alpha value is -6.84. The molecule has 0 amide bonds. The molecule has 12 rings (SSSR count). The van der Waals surface area contributed by atoms with Crippen molar-refractivity contribution >= 4 is 97.9 Å². The maximum atomic E-state index is 6.82. The molecular formula is C48H28N2O. The maximum Gasteiger partial charge on any atom is 0.145 e. The molecule has 9 aromatic carbocycles. The molecule has 0 saturated heterocycles. The lowest BCUT2D eigenvalue weighted by Crippen LogP contribution is -1.94. The van der Waals surface area contributed by atoms with Gasteiger partial charge in [0, 0.05) is 38.3 Å². The van der Waals surface area contributed by atoms with E-state index in [0.717, 1.165) is 49.7 Å². The van der Waals surface area contributed by atoms with Gasteiger partial charge in [-0.2, -0.15) is 0 Å². The molecule has 3 heterocycles. The summed E-state index contributed by atoms with van der Waals surface area (Å²) < 4.78 is 11.6. The van der Waals surface area contributed by atoms with Crippen molar-refractivity contribution in [1.29, 1.82) is 0 Å². The highest BCUT2D eigenvalue weighted by Crippen LogP contribution is 2.43. The van der Waals surface area contributed by atoms with Crippen LogP contribution in [0, 0.1) is 0 Å². The number of nitrogens with zero attached hydrogens (tertiary/aromatic N) is 2. The van der Waals surface area contributed by atoms with E-state index < -0.39 is 0 Å². The first-order valence-corrected chi connectivity index (χ1v) is 17.5. The van der Waals surface area contributed by atoms with E-state index >= 15 is 0 Å². The Kier molecular flexibility index (Phi) is 5.23. The van der Waals surface area contributed by atoms with Crippen LogP contribution in [0.25, 0.3) is 109 Å². The molecule has 0 radical (unpaired) electrons. The van der Waals surface area contributed by atoms with Gasteiger partial charge < -0.3 is 13.6 Å². The molecule has 0 fully saturated rings. The number of aromatic nitrogens is 2. The van der Waals surface area contributed by atoms with Crippen molar-refractivity contribution in [3.8, 4) is 11.4 Å². The molecule has 51 heavy (non-hydrogen) atoms.